The molecule has 0 spiro atoms. The van der Waals surface area contributed by atoms with Gasteiger partial charge in [-0.05, 0) is 73.0 Å². The monoisotopic (exact) mass is 431 g/mol. The molecule has 0 bridgehead atoms. The molecule has 2 N–H and O–H groups in total. The minimum absolute atomic E-state index is 0.138. The molecule has 4 aromatic rings. The molecule has 32 heavy (non-hydrogen) atoms. The van der Waals surface area contributed by atoms with E-state index in [4.69, 9.17) is 0 Å². The molecular weight excluding hydrogens is 409 g/mol. The van der Waals surface area contributed by atoms with Gasteiger partial charge in [-0.25, -0.2) is 9.18 Å². The highest BCUT2D eigenvalue weighted by molar-refractivity contribution is 5.93. The highest BCUT2D eigenvalue weighted by atomic mass is 19.1. The third kappa shape index (κ3) is 4.67. The van der Waals surface area contributed by atoms with Crippen LogP contribution in [-0.4, -0.2) is 29.0 Å². The number of pyridine rings is 1. The van der Waals surface area contributed by atoms with E-state index in [0.29, 0.717) is 30.5 Å². The van der Waals surface area contributed by atoms with Gasteiger partial charge in [0.1, 0.15) is 5.82 Å². The number of carbonyl (C=O) groups excluding carboxylic acids is 2. The molecule has 0 atom stereocenters. The van der Waals surface area contributed by atoms with Gasteiger partial charge in [-0.3, -0.25) is 9.78 Å². The fourth-order valence-electron chi connectivity index (χ4n) is 3.67. The number of aromatic nitrogens is 2. The Bertz CT molecular complexity index is 1250. The predicted molar refractivity (Wildman–Crippen MR) is 121 cm³/mol. The fraction of sp³-hybridized carbons (Fsp3) is 0.160. The minimum Gasteiger partial charge on any atom is -0.465 e. The van der Waals surface area contributed by atoms with E-state index in [1.165, 1.54) is 19.2 Å². The van der Waals surface area contributed by atoms with E-state index in [1.807, 2.05) is 18.2 Å². The Morgan fingerprint density at radius 3 is 2.62 bits per heavy atom. The molecule has 0 saturated carbocycles. The average molecular weight is 431 g/mol. The Morgan fingerprint density at radius 2 is 1.91 bits per heavy atom. The molecule has 2 aromatic heterocycles. The van der Waals surface area contributed by atoms with Gasteiger partial charge >= 0.3 is 5.97 Å². The first-order chi connectivity index (χ1) is 15.5. The number of halogens is 1. The van der Waals surface area contributed by atoms with E-state index in [9.17, 15) is 14.0 Å². The molecule has 0 aliphatic heterocycles. The standard InChI is InChI=1S/C25H22FN3O3/c1-32-25(31)16-8-11-18(12-9-16)28-23(30)7-4-5-19-20-15-17(26)10-13-21(20)29-24(19)22-6-2-3-14-27-22/h2-3,6,8-15,29H,4-5,7H2,1H3,(H,28,30). The second-order valence-corrected chi connectivity index (χ2v) is 7.35. The summed E-state index contributed by atoms with van der Waals surface area (Å²) in [5.74, 6) is -0.874. The lowest BCUT2D eigenvalue weighted by atomic mass is 10.0. The van der Waals surface area contributed by atoms with Crippen LogP contribution >= 0.6 is 0 Å². The molecule has 0 aliphatic carbocycles. The SMILES string of the molecule is COC(=O)c1ccc(NC(=O)CCCc2c(-c3ccccn3)[nH]c3ccc(F)cc23)cc1. The topological polar surface area (TPSA) is 84.1 Å². The molecule has 0 unspecified atom stereocenters. The molecule has 162 valence electrons. The van der Waals surface area contributed by atoms with Crippen LogP contribution in [0, 0.1) is 5.82 Å². The maximum Gasteiger partial charge on any atom is 0.337 e. The minimum atomic E-state index is -0.429. The predicted octanol–water partition coefficient (Wildman–Crippen LogP) is 5.12. The normalized spacial score (nSPS) is 10.8. The Kier molecular flexibility index (Phi) is 6.26. The first kappa shape index (κ1) is 21.2. The van der Waals surface area contributed by atoms with Crippen molar-refractivity contribution in [1.29, 1.82) is 0 Å². The van der Waals surface area contributed by atoms with Crippen molar-refractivity contribution in [2.75, 3.05) is 12.4 Å². The number of fused-ring (bicyclic) bond motifs is 1. The Hall–Kier alpha value is -4.00. The number of hydrogen-bond acceptors (Lipinski definition) is 4. The first-order valence-corrected chi connectivity index (χ1v) is 10.2. The summed E-state index contributed by atoms with van der Waals surface area (Å²) in [5, 5.41) is 3.62. The zero-order chi connectivity index (χ0) is 22.5. The highest BCUT2D eigenvalue weighted by Gasteiger charge is 2.15. The van der Waals surface area contributed by atoms with Gasteiger partial charge in [0.2, 0.25) is 5.91 Å². The van der Waals surface area contributed by atoms with Crippen molar-refractivity contribution in [3.8, 4) is 11.4 Å². The van der Waals surface area contributed by atoms with Crippen molar-refractivity contribution in [2.45, 2.75) is 19.3 Å². The number of carbonyl (C=O) groups is 2. The van der Waals surface area contributed by atoms with Crippen LogP contribution in [0.15, 0.2) is 66.9 Å². The van der Waals surface area contributed by atoms with Crippen molar-refractivity contribution in [1.82, 2.24) is 9.97 Å². The third-order valence-electron chi connectivity index (χ3n) is 5.21. The molecule has 6 nitrogen and oxygen atoms in total. The zero-order valence-electron chi connectivity index (χ0n) is 17.5. The summed E-state index contributed by atoms with van der Waals surface area (Å²) in [5.41, 5.74) is 4.40. The first-order valence-electron chi connectivity index (χ1n) is 10.2. The summed E-state index contributed by atoms with van der Waals surface area (Å²) in [4.78, 5) is 31.7. The van der Waals surface area contributed by atoms with Crippen LogP contribution in [0.25, 0.3) is 22.3 Å². The van der Waals surface area contributed by atoms with Crippen LogP contribution in [0.2, 0.25) is 0 Å². The van der Waals surface area contributed by atoms with E-state index < -0.39 is 5.97 Å². The maximum absolute atomic E-state index is 13.9. The van der Waals surface area contributed by atoms with Gasteiger partial charge in [0.25, 0.3) is 0 Å². The number of hydrogen-bond donors (Lipinski definition) is 2. The van der Waals surface area contributed by atoms with Crippen molar-refractivity contribution in [3.05, 3.63) is 83.8 Å². The van der Waals surface area contributed by atoms with Crippen LogP contribution in [0.3, 0.4) is 0 Å². The summed E-state index contributed by atoms with van der Waals surface area (Å²) in [6.07, 6.45) is 3.17. The number of ether oxygens (including phenoxy) is 1. The lowest BCUT2D eigenvalue weighted by molar-refractivity contribution is -0.116. The number of nitrogens with zero attached hydrogens (tertiary/aromatic N) is 1. The molecule has 1 amide bonds. The van der Waals surface area contributed by atoms with Crippen LogP contribution in [0.1, 0.15) is 28.8 Å². The maximum atomic E-state index is 13.9. The van der Waals surface area contributed by atoms with Crippen molar-refractivity contribution in [2.24, 2.45) is 0 Å². The van der Waals surface area contributed by atoms with Crippen LogP contribution < -0.4 is 5.32 Å². The smallest absolute Gasteiger partial charge is 0.337 e. The van der Waals surface area contributed by atoms with Gasteiger partial charge in [0.05, 0.1) is 24.1 Å². The van der Waals surface area contributed by atoms with E-state index in [0.717, 1.165) is 27.9 Å². The van der Waals surface area contributed by atoms with Crippen molar-refractivity contribution in [3.63, 3.8) is 0 Å². The highest BCUT2D eigenvalue weighted by Crippen LogP contribution is 2.31. The zero-order valence-corrected chi connectivity index (χ0v) is 17.5. The van der Waals surface area contributed by atoms with Crippen molar-refractivity contribution < 1.29 is 18.7 Å². The fourth-order valence-corrected chi connectivity index (χ4v) is 3.67. The molecule has 0 saturated heterocycles. The number of nitrogens with one attached hydrogen (secondary N) is 2. The molecule has 4 rings (SSSR count). The molecule has 0 fully saturated rings. The number of benzene rings is 2. The number of aryl methyl sites for hydroxylation is 1. The van der Waals surface area contributed by atoms with Crippen LogP contribution in [0.5, 0.6) is 0 Å². The number of rotatable bonds is 7. The number of aromatic amines is 1. The quantitative estimate of drug-likeness (QED) is 0.398. The molecule has 2 heterocycles. The van der Waals surface area contributed by atoms with Gasteiger partial charge in [0, 0.05) is 29.2 Å². The van der Waals surface area contributed by atoms with Gasteiger partial charge in [-0.2, -0.15) is 0 Å². The molecule has 0 radical (unpaired) electrons. The Labute approximate surface area is 184 Å². The summed E-state index contributed by atoms with van der Waals surface area (Å²) in [6, 6.07) is 16.8. The summed E-state index contributed by atoms with van der Waals surface area (Å²) in [7, 11) is 1.32. The van der Waals surface area contributed by atoms with Gasteiger partial charge < -0.3 is 15.0 Å². The molecule has 7 heteroatoms. The average Bonchev–Trinajstić information content (AvgIpc) is 3.17. The number of H-pyrrole nitrogens is 1. The van der Waals surface area contributed by atoms with Crippen LogP contribution in [0.4, 0.5) is 10.1 Å². The summed E-state index contributed by atoms with van der Waals surface area (Å²) < 4.78 is 18.6. The van der Waals surface area contributed by atoms with Gasteiger partial charge in [0.15, 0.2) is 0 Å². The second kappa shape index (κ2) is 9.43. The van der Waals surface area contributed by atoms with E-state index in [2.05, 4.69) is 20.0 Å². The summed E-state index contributed by atoms with van der Waals surface area (Å²) >= 11 is 0. The van der Waals surface area contributed by atoms with E-state index in [-0.39, 0.29) is 11.7 Å². The Morgan fingerprint density at radius 1 is 1.09 bits per heavy atom. The van der Waals surface area contributed by atoms with E-state index in [1.54, 1.807) is 36.5 Å². The van der Waals surface area contributed by atoms with E-state index >= 15 is 0 Å². The number of anilines is 1. The van der Waals surface area contributed by atoms with Crippen molar-refractivity contribution >= 4 is 28.5 Å². The molecular formula is C25H22FN3O3. The number of esters is 1. The lowest BCUT2D eigenvalue weighted by Gasteiger charge is -2.07. The third-order valence-corrected chi connectivity index (χ3v) is 5.21. The van der Waals surface area contributed by atoms with Gasteiger partial charge in [-0.15, -0.1) is 0 Å². The molecule has 0 aliphatic rings. The largest absolute Gasteiger partial charge is 0.465 e. The number of methoxy groups -OCH3 is 1. The van der Waals surface area contributed by atoms with Crippen LogP contribution in [-0.2, 0) is 16.0 Å². The lowest BCUT2D eigenvalue weighted by Crippen LogP contribution is -2.12. The number of amides is 1. The Balaban J connectivity index is 1.45. The second-order valence-electron chi connectivity index (χ2n) is 7.35. The summed E-state index contributed by atoms with van der Waals surface area (Å²) in [6.45, 7) is 0. The van der Waals surface area contributed by atoms with Gasteiger partial charge in [-0.1, -0.05) is 6.07 Å². The molecule has 2 aromatic carbocycles.